The van der Waals surface area contributed by atoms with Crippen LogP contribution in [0, 0.1) is 0 Å². The van der Waals surface area contributed by atoms with Crippen LogP contribution in [0.3, 0.4) is 0 Å². The van der Waals surface area contributed by atoms with E-state index >= 15 is 0 Å². The zero-order chi connectivity index (χ0) is 16.0. The van der Waals surface area contributed by atoms with E-state index in [0.717, 1.165) is 25.9 Å². The van der Waals surface area contributed by atoms with Gasteiger partial charge in [0, 0.05) is 32.7 Å². The van der Waals surface area contributed by atoms with Crippen molar-refractivity contribution in [3.8, 4) is 0 Å². The average Bonchev–Trinajstić information content (AvgIpc) is 3.07. The van der Waals surface area contributed by atoms with E-state index in [-0.39, 0.29) is 12.5 Å². The van der Waals surface area contributed by atoms with Gasteiger partial charge in [0.05, 0.1) is 6.54 Å². The smallest absolute Gasteiger partial charge is 0.253 e. The molecule has 1 aromatic rings. The molecule has 1 N–H and O–H groups in total. The van der Waals surface area contributed by atoms with Crippen LogP contribution in [0.25, 0.3) is 0 Å². The molecule has 22 heavy (non-hydrogen) atoms. The lowest BCUT2D eigenvalue weighted by Crippen LogP contribution is -2.50. The molecule has 0 aromatic carbocycles. The summed E-state index contributed by atoms with van der Waals surface area (Å²) in [6.45, 7) is 5.12. The van der Waals surface area contributed by atoms with Gasteiger partial charge in [-0.2, -0.15) is 4.31 Å². The molecule has 1 saturated heterocycles. The van der Waals surface area contributed by atoms with Crippen LogP contribution in [0.15, 0.2) is 21.7 Å². The first-order valence-electron chi connectivity index (χ1n) is 7.58. The van der Waals surface area contributed by atoms with Gasteiger partial charge in [-0.1, -0.05) is 19.4 Å². The van der Waals surface area contributed by atoms with E-state index in [9.17, 15) is 13.2 Å². The third kappa shape index (κ3) is 4.28. The van der Waals surface area contributed by atoms with Crippen LogP contribution in [0.2, 0.25) is 0 Å². The van der Waals surface area contributed by atoms with Crippen molar-refractivity contribution in [3.63, 3.8) is 0 Å². The maximum absolute atomic E-state index is 12.7. The summed E-state index contributed by atoms with van der Waals surface area (Å²) in [5.41, 5.74) is 0. The van der Waals surface area contributed by atoms with Crippen LogP contribution < -0.4 is 5.32 Å². The fourth-order valence-corrected chi connectivity index (χ4v) is 4.89. The minimum atomic E-state index is -3.57. The largest absolute Gasteiger partial charge is 0.339 e. The highest BCUT2D eigenvalue weighted by Gasteiger charge is 2.29. The van der Waals surface area contributed by atoms with Gasteiger partial charge in [-0.3, -0.25) is 4.79 Å². The first kappa shape index (κ1) is 17.4. The van der Waals surface area contributed by atoms with Crippen LogP contribution in [0.5, 0.6) is 0 Å². The van der Waals surface area contributed by atoms with Gasteiger partial charge < -0.3 is 10.2 Å². The molecule has 2 heterocycles. The molecule has 8 heteroatoms. The SMILES string of the molecule is CCCCN(CC(=O)N1CCNCC1)S(=O)(=O)c1cccs1. The summed E-state index contributed by atoms with van der Waals surface area (Å²) < 4.78 is 27.0. The molecule has 1 amide bonds. The molecule has 0 unspecified atom stereocenters. The third-order valence-corrected chi connectivity index (χ3v) is 6.85. The van der Waals surface area contributed by atoms with E-state index in [4.69, 9.17) is 0 Å². The van der Waals surface area contributed by atoms with E-state index in [1.54, 1.807) is 22.4 Å². The number of nitrogens with zero attached hydrogens (tertiary/aromatic N) is 2. The standard InChI is InChI=1S/C14H23N3O3S2/c1-2-3-8-17(22(19,20)14-5-4-11-21-14)12-13(18)16-9-6-15-7-10-16/h4-5,11,15H,2-3,6-10,12H2,1H3. The van der Waals surface area contributed by atoms with Crippen LogP contribution in [0.4, 0.5) is 0 Å². The second-order valence-electron chi connectivity index (χ2n) is 5.26. The van der Waals surface area contributed by atoms with Crippen molar-refractivity contribution in [2.24, 2.45) is 0 Å². The van der Waals surface area contributed by atoms with E-state index in [2.05, 4.69) is 5.32 Å². The zero-order valence-electron chi connectivity index (χ0n) is 12.8. The van der Waals surface area contributed by atoms with Crippen molar-refractivity contribution in [3.05, 3.63) is 17.5 Å². The molecule has 0 radical (unpaired) electrons. The van der Waals surface area contributed by atoms with E-state index < -0.39 is 10.0 Å². The van der Waals surface area contributed by atoms with E-state index in [1.807, 2.05) is 6.92 Å². The molecular formula is C14H23N3O3S2. The summed E-state index contributed by atoms with van der Waals surface area (Å²) in [5, 5.41) is 4.92. The quantitative estimate of drug-likeness (QED) is 0.799. The first-order chi connectivity index (χ1) is 10.6. The number of carbonyl (C=O) groups is 1. The summed E-state index contributed by atoms with van der Waals surface area (Å²) in [7, 11) is -3.57. The average molecular weight is 345 g/mol. The van der Waals surface area contributed by atoms with E-state index in [1.165, 1.54) is 15.6 Å². The van der Waals surface area contributed by atoms with Gasteiger partial charge in [-0.25, -0.2) is 8.42 Å². The molecule has 1 fully saturated rings. The summed E-state index contributed by atoms with van der Waals surface area (Å²) in [6.07, 6.45) is 1.64. The maximum atomic E-state index is 12.7. The predicted molar refractivity (Wildman–Crippen MR) is 87.4 cm³/mol. The van der Waals surface area contributed by atoms with Crippen molar-refractivity contribution in [1.29, 1.82) is 0 Å². The van der Waals surface area contributed by atoms with Crippen LogP contribution in [-0.2, 0) is 14.8 Å². The Balaban J connectivity index is 2.10. The van der Waals surface area contributed by atoms with Crippen LogP contribution in [0.1, 0.15) is 19.8 Å². The predicted octanol–water partition coefficient (Wildman–Crippen LogP) is 0.971. The highest BCUT2D eigenvalue weighted by atomic mass is 32.2. The summed E-state index contributed by atoms with van der Waals surface area (Å²) in [5.74, 6) is -0.113. The van der Waals surface area contributed by atoms with Crippen molar-refractivity contribution >= 4 is 27.3 Å². The van der Waals surface area contributed by atoms with Crippen LogP contribution in [-0.4, -0.2) is 62.8 Å². The number of unbranched alkanes of at least 4 members (excludes halogenated alkanes) is 1. The van der Waals surface area contributed by atoms with Gasteiger partial charge in [0.15, 0.2) is 0 Å². The Morgan fingerprint density at radius 2 is 2.14 bits per heavy atom. The lowest BCUT2D eigenvalue weighted by Gasteiger charge is -2.30. The Morgan fingerprint density at radius 1 is 1.41 bits per heavy atom. The number of hydrogen-bond donors (Lipinski definition) is 1. The molecule has 2 rings (SSSR count). The normalized spacial score (nSPS) is 16.2. The molecule has 1 aromatic heterocycles. The molecule has 0 saturated carbocycles. The Labute approximate surface area is 136 Å². The Kier molecular flexibility index (Phi) is 6.37. The van der Waals surface area contributed by atoms with Crippen molar-refractivity contribution in [2.45, 2.75) is 24.0 Å². The minimum Gasteiger partial charge on any atom is -0.339 e. The summed E-state index contributed by atoms with van der Waals surface area (Å²) in [6, 6.07) is 3.31. The maximum Gasteiger partial charge on any atom is 0.253 e. The number of thiophene rings is 1. The number of sulfonamides is 1. The van der Waals surface area contributed by atoms with Crippen LogP contribution >= 0.6 is 11.3 Å². The van der Waals surface area contributed by atoms with Gasteiger partial charge in [0.1, 0.15) is 4.21 Å². The molecule has 0 aliphatic carbocycles. The minimum absolute atomic E-state index is 0.0692. The number of carbonyl (C=O) groups excluding carboxylic acids is 1. The fraction of sp³-hybridized carbons (Fsp3) is 0.643. The topological polar surface area (TPSA) is 69.7 Å². The van der Waals surface area contributed by atoms with Gasteiger partial charge in [-0.05, 0) is 17.9 Å². The Morgan fingerprint density at radius 3 is 2.73 bits per heavy atom. The highest BCUT2D eigenvalue weighted by Crippen LogP contribution is 2.21. The molecule has 0 bridgehead atoms. The monoisotopic (exact) mass is 345 g/mol. The molecule has 1 aliphatic heterocycles. The lowest BCUT2D eigenvalue weighted by molar-refractivity contribution is -0.131. The number of amides is 1. The van der Waals surface area contributed by atoms with Crippen molar-refractivity contribution < 1.29 is 13.2 Å². The lowest BCUT2D eigenvalue weighted by atomic mass is 10.3. The van der Waals surface area contributed by atoms with Crippen molar-refractivity contribution in [1.82, 2.24) is 14.5 Å². The molecule has 0 atom stereocenters. The Bertz CT molecular complexity index is 566. The number of nitrogens with one attached hydrogen (secondary N) is 1. The first-order valence-corrected chi connectivity index (χ1v) is 9.90. The number of rotatable bonds is 7. The Hall–Kier alpha value is -0.960. The molecule has 6 nitrogen and oxygen atoms in total. The fourth-order valence-electron chi connectivity index (χ4n) is 2.32. The number of piperazine rings is 1. The summed E-state index contributed by atoms with van der Waals surface area (Å²) in [4.78, 5) is 14.1. The van der Waals surface area contributed by atoms with Gasteiger partial charge >= 0.3 is 0 Å². The molecular weight excluding hydrogens is 322 g/mol. The second-order valence-corrected chi connectivity index (χ2v) is 8.37. The highest BCUT2D eigenvalue weighted by molar-refractivity contribution is 7.91. The van der Waals surface area contributed by atoms with Crippen molar-refractivity contribution in [2.75, 3.05) is 39.3 Å². The number of hydrogen-bond acceptors (Lipinski definition) is 5. The zero-order valence-corrected chi connectivity index (χ0v) is 14.5. The van der Waals surface area contributed by atoms with E-state index in [0.29, 0.717) is 23.8 Å². The third-order valence-electron chi connectivity index (χ3n) is 3.63. The molecule has 1 aliphatic rings. The molecule has 0 spiro atoms. The van der Waals surface area contributed by atoms with Gasteiger partial charge in [0.2, 0.25) is 5.91 Å². The summed E-state index contributed by atoms with van der Waals surface area (Å²) >= 11 is 1.19. The van der Waals surface area contributed by atoms with Gasteiger partial charge in [0.25, 0.3) is 10.0 Å². The molecule has 124 valence electrons. The van der Waals surface area contributed by atoms with Gasteiger partial charge in [-0.15, -0.1) is 11.3 Å². The second kappa shape index (κ2) is 8.05.